The number of carbonyl (C=O) groups is 1. The number of hydrogen-bond acceptors (Lipinski definition) is 7. The van der Waals surface area contributed by atoms with Crippen LogP contribution in [-0.2, 0) is 21.4 Å². The number of anilines is 1. The van der Waals surface area contributed by atoms with Crippen molar-refractivity contribution in [3.8, 4) is 0 Å². The van der Waals surface area contributed by atoms with Crippen molar-refractivity contribution in [3.63, 3.8) is 0 Å². The molecule has 2 aliphatic heterocycles. The molecule has 1 amide bonds. The van der Waals surface area contributed by atoms with Crippen molar-refractivity contribution in [2.75, 3.05) is 24.5 Å². The van der Waals surface area contributed by atoms with Crippen LogP contribution in [0.3, 0.4) is 0 Å². The molecule has 3 aromatic rings. The van der Waals surface area contributed by atoms with Gasteiger partial charge in [0, 0.05) is 37.9 Å². The minimum atomic E-state index is -3.59. The standard InChI is InChI=1S/C23H28N6O4S/c1-16-6-7-19(10-17(16)2)29-12-18(11-22(29)30)23-25-20(26-33-23)13-27-14-21(24-15-27)34(31,32)28-8-4-3-5-9-28/h6-7,10,14-15,18H,3-5,8-9,11-13H2,1-2H3. The summed E-state index contributed by atoms with van der Waals surface area (Å²) in [5.74, 6) is 0.658. The van der Waals surface area contributed by atoms with Gasteiger partial charge in [-0.1, -0.05) is 17.6 Å². The van der Waals surface area contributed by atoms with Crippen molar-refractivity contribution in [2.45, 2.75) is 57.0 Å². The van der Waals surface area contributed by atoms with Gasteiger partial charge in [0.25, 0.3) is 10.0 Å². The fraction of sp³-hybridized carbons (Fsp3) is 0.478. The number of imidazole rings is 1. The summed E-state index contributed by atoms with van der Waals surface area (Å²) in [6.45, 7) is 5.84. The predicted octanol–water partition coefficient (Wildman–Crippen LogP) is 2.63. The highest BCUT2D eigenvalue weighted by molar-refractivity contribution is 7.89. The number of amides is 1. The van der Waals surface area contributed by atoms with Gasteiger partial charge in [-0.25, -0.2) is 13.4 Å². The largest absolute Gasteiger partial charge is 0.339 e. The Morgan fingerprint density at radius 3 is 2.68 bits per heavy atom. The van der Waals surface area contributed by atoms with Crippen LogP contribution >= 0.6 is 0 Å². The van der Waals surface area contributed by atoms with E-state index in [4.69, 9.17) is 4.52 Å². The molecular weight excluding hydrogens is 456 g/mol. The molecule has 180 valence electrons. The van der Waals surface area contributed by atoms with Crippen LogP contribution in [0.2, 0.25) is 0 Å². The van der Waals surface area contributed by atoms with Crippen LogP contribution in [0.15, 0.2) is 40.3 Å². The van der Waals surface area contributed by atoms with E-state index < -0.39 is 10.0 Å². The number of sulfonamides is 1. The molecule has 2 fully saturated rings. The summed E-state index contributed by atoms with van der Waals surface area (Å²) >= 11 is 0. The van der Waals surface area contributed by atoms with Gasteiger partial charge < -0.3 is 14.0 Å². The van der Waals surface area contributed by atoms with Crippen molar-refractivity contribution in [2.24, 2.45) is 0 Å². The zero-order valence-electron chi connectivity index (χ0n) is 19.3. The Labute approximate surface area is 198 Å². The zero-order chi connectivity index (χ0) is 23.9. The highest BCUT2D eigenvalue weighted by Gasteiger charge is 2.35. The Morgan fingerprint density at radius 1 is 1.12 bits per heavy atom. The number of aromatic nitrogens is 4. The van der Waals surface area contributed by atoms with Crippen LogP contribution in [0, 0.1) is 13.8 Å². The monoisotopic (exact) mass is 484 g/mol. The number of rotatable bonds is 6. The quantitative estimate of drug-likeness (QED) is 0.528. The lowest BCUT2D eigenvalue weighted by Crippen LogP contribution is -2.35. The second-order valence-corrected chi connectivity index (χ2v) is 11.0. The number of nitrogens with zero attached hydrogens (tertiary/aromatic N) is 6. The van der Waals surface area contributed by atoms with Crippen molar-refractivity contribution >= 4 is 21.6 Å². The van der Waals surface area contributed by atoms with Crippen molar-refractivity contribution in [1.29, 1.82) is 0 Å². The first-order chi connectivity index (χ1) is 16.3. The molecule has 1 atom stereocenters. The molecule has 34 heavy (non-hydrogen) atoms. The summed E-state index contributed by atoms with van der Waals surface area (Å²) in [4.78, 5) is 23.0. The highest BCUT2D eigenvalue weighted by atomic mass is 32.2. The number of hydrogen-bond donors (Lipinski definition) is 0. The molecule has 2 aliphatic rings. The van der Waals surface area contributed by atoms with Crippen LogP contribution in [-0.4, -0.2) is 58.0 Å². The first-order valence-corrected chi connectivity index (χ1v) is 13.0. The van der Waals surface area contributed by atoms with E-state index in [-0.39, 0.29) is 23.4 Å². The molecule has 0 aliphatic carbocycles. The fourth-order valence-corrected chi connectivity index (χ4v) is 5.93. The summed E-state index contributed by atoms with van der Waals surface area (Å²) in [6, 6.07) is 5.99. The molecule has 10 nitrogen and oxygen atoms in total. The highest BCUT2D eigenvalue weighted by Crippen LogP contribution is 2.32. The molecule has 0 saturated carbocycles. The van der Waals surface area contributed by atoms with E-state index in [1.807, 2.05) is 32.0 Å². The Balaban J connectivity index is 1.26. The molecule has 2 saturated heterocycles. The maximum Gasteiger partial charge on any atom is 0.262 e. The molecule has 4 heterocycles. The first kappa shape index (κ1) is 22.7. The van der Waals surface area contributed by atoms with Crippen LogP contribution in [0.25, 0.3) is 0 Å². The van der Waals surface area contributed by atoms with Gasteiger partial charge >= 0.3 is 0 Å². The lowest BCUT2D eigenvalue weighted by atomic mass is 10.1. The fourth-order valence-electron chi connectivity index (χ4n) is 4.47. The van der Waals surface area contributed by atoms with Gasteiger partial charge in [-0.05, 0) is 49.9 Å². The minimum absolute atomic E-state index is 0.0233. The number of piperidine rings is 1. The van der Waals surface area contributed by atoms with E-state index >= 15 is 0 Å². The average molecular weight is 485 g/mol. The van der Waals surface area contributed by atoms with E-state index in [9.17, 15) is 13.2 Å². The average Bonchev–Trinajstić information content (AvgIpc) is 3.57. The molecular formula is C23H28N6O4S. The molecule has 2 aromatic heterocycles. The van der Waals surface area contributed by atoms with Gasteiger partial charge in [-0.3, -0.25) is 4.79 Å². The van der Waals surface area contributed by atoms with E-state index in [0.29, 0.717) is 37.8 Å². The Kier molecular flexibility index (Phi) is 5.98. The molecule has 0 spiro atoms. The second kappa shape index (κ2) is 8.95. The minimum Gasteiger partial charge on any atom is -0.339 e. The summed E-state index contributed by atoms with van der Waals surface area (Å²) in [7, 11) is -3.59. The molecule has 0 bridgehead atoms. The lowest BCUT2D eigenvalue weighted by Gasteiger charge is -2.24. The smallest absolute Gasteiger partial charge is 0.262 e. The third kappa shape index (κ3) is 4.37. The number of benzene rings is 1. The Morgan fingerprint density at radius 2 is 1.91 bits per heavy atom. The molecule has 5 rings (SSSR count). The summed E-state index contributed by atoms with van der Waals surface area (Å²) in [5, 5.41) is 4.07. The van der Waals surface area contributed by atoms with E-state index in [0.717, 1.165) is 30.5 Å². The normalized spacial score (nSPS) is 19.8. The SMILES string of the molecule is Cc1ccc(N2CC(c3nc(Cn4cnc(S(=O)(=O)N5CCCCC5)c4)no3)CC2=O)cc1C. The third-order valence-corrected chi connectivity index (χ3v) is 8.40. The topological polar surface area (TPSA) is 114 Å². The number of carbonyl (C=O) groups excluding carboxylic acids is 1. The van der Waals surface area contributed by atoms with Crippen LogP contribution in [0.5, 0.6) is 0 Å². The van der Waals surface area contributed by atoms with Gasteiger partial charge in [0.2, 0.25) is 11.8 Å². The van der Waals surface area contributed by atoms with Crippen molar-refractivity contribution < 1.29 is 17.7 Å². The van der Waals surface area contributed by atoms with Crippen molar-refractivity contribution in [1.82, 2.24) is 24.0 Å². The molecule has 1 unspecified atom stereocenters. The van der Waals surface area contributed by atoms with Gasteiger partial charge in [0.05, 0.1) is 18.8 Å². The first-order valence-electron chi connectivity index (χ1n) is 11.5. The Bertz CT molecular complexity index is 1310. The van der Waals surface area contributed by atoms with Gasteiger partial charge in [0.15, 0.2) is 10.9 Å². The van der Waals surface area contributed by atoms with E-state index in [1.165, 1.54) is 22.4 Å². The third-order valence-electron chi connectivity index (χ3n) is 6.61. The predicted molar refractivity (Wildman–Crippen MR) is 124 cm³/mol. The van der Waals surface area contributed by atoms with Crippen LogP contribution < -0.4 is 4.90 Å². The van der Waals surface area contributed by atoms with Gasteiger partial charge in [-0.15, -0.1) is 0 Å². The van der Waals surface area contributed by atoms with Crippen LogP contribution in [0.1, 0.15) is 54.4 Å². The molecule has 0 N–H and O–H groups in total. The molecule has 11 heteroatoms. The lowest BCUT2D eigenvalue weighted by molar-refractivity contribution is -0.117. The molecule has 0 radical (unpaired) electrons. The zero-order valence-corrected chi connectivity index (χ0v) is 20.2. The van der Waals surface area contributed by atoms with E-state index in [2.05, 4.69) is 15.1 Å². The van der Waals surface area contributed by atoms with Gasteiger partial charge in [-0.2, -0.15) is 9.29 Å². The van der Waals surface area contributed by atoms with E-state index in [1.54, 1.807) is 9.47 Å². The summed E-state index contributed by atoms with van der Waals surface area (Å²) in [6.07, 6.45) is 6.06. The maximum atomic E-state index is 12.8. The summed E-state index contributed by atoms with van der Waals surface area (Å²) in [5.41, 5.74) is 3.19. The summed E-state index contributed by atoms with van der Waals surface area (Å²) < 4.78 is 34.2. The molecule has 1 aromatic carbocycles. The number of aryl methyl sites for hydroxylation is 2. The maximum absolute atomic E-state index is 12.8. The second-order valence-electron chi connectivity index (χ2n) is 9.07. The Hall–Kier alpha value is -3.05. The van der Waals surface area contributed by atoms with Crippen LogP contribution in [0.4, 0.5) is 5.69 Å². The van der Waals surface area contributed by atoms with Gasteiger partial charge in [0.1, 0.15) is 0 Å². The van der Waals surface area contributed by atoms with Crippen molar-refractivity contribution in [3.05, 3.63) is 53.6 Å².